The monoisotopic (exact) mass is 448 g/mol. The van der Waals surface area contributed by atoms with Crippen molar-refractivity contribution in [2.45, 2.75) is 57.7 Å². The van der Waals surface area contributed by atoms with Crippen molar-refractivity contribution in [3.8, 4) is 0 Å². The van der Waals surface area contributed by atoms with Gasteiger partial charge >= 0.3 is 0 Å². The quantitative estimate of drug-likeness (QED) is 0.210. The lowest BCUT2D eigenvalue weighted by Gasteiger charge is -2.23. The Kier molecular flexibility index (Phi) is 12.0. The summed E-state index contributed by atoms with van der Waals surface area (Å²) in [4.78, 5) is 48.8. The predicted molar refractivity (Wildman–Crippen MR) is 122 cm³/mol. The van der Waals surface area contributed by atoms with Gasteiger partial charge in [0.25, 0.3) is 0 Å². The Labute approximate surface area is 189 Å². The third-order valence-electron chi connectivity index (χ3n) is 4.77. The second-order valence-electron chi connectivity index (χ2n) is 8.16. The highest BCUT2D eigenvalue weighted by atomic mass is 16.2. The van der Waals surface area contributed by atoms with Crippen LogP contribution in [0.4, 0.5) is 0 Å². The molecule has 0 aliphatic rings. The number of nitrogens with one attached hydrogen (secondary N) is 3. The van der Waals surface area contributed by atoms with Crippen molar-refractivity contribution < 1.29 is 19.2 Å². The van der Waals surface area contributed by atoms with Gasteiger partial charge in [0.05, 0.1) is 12.6 Å². The molecule has 0 aliphatic carbocycles. The maximum Gasteiger partial charge on any atom is 0.243 e. The molecule has 4 amide bonds. The number of benzene rings is 1. The molecule has 3 atom stereocenters. The van der Waals surface area contributed by atoms with Crippen LogP contribution in [0, 0.1) is 5.92 Å². The predicted octanol–water partition coefficient (Wildman–Crippen LogP) is -1.09. The van der Waals surface area contributed by atoms with Crippen LogP contribution in [0.15, 0.2) is 30.3 Å². The molecule has 0 saturated heterocycles. The molecule has 1 rings (SSSR count). The van der Waals surface area contributed by atoms with E-state index in [2.05, 4.69) is 16.0 Å². The zero-order chi connectivity index (χ0) is 24.1. The van der Waals surface area contributed by atoms with Gasteiger partial charge in [0.2, 0.25) is 23.6 Å². The average molecular weight is 449 g/mol. The van der Waals surface area contributed by atoms with E-state index in [-0.39, 0.29) is 12.5 Å². The second kappa shape index (κ2) is 14.2. The van der Waals surface area contributed by atoms with Crippen molar-refractivity contribution in [2.75, 3.05) is 13.1 Å². The van der Waals surface area contributed by atoms with Crippen molar-refractivity contribution >= 4 is 23.6 Å². The summed E-state index contributed by atoms with van der Waals surface area (Å²) in [7, 11) is 0. The van der Waals surface area contributed by atoms with E-state index in [1.807, 2.05) is 44.2 Å². The Balaban J connectivity index is 2.62. The molecule has 0 fully saturated rings. The summed E-state index contributed by atoms with van der Waals surface area (Å²) in [6, 6.07) is 6.75. The third kappa shape index (κ3) is 10.4. The Bertz CT molecular complexity index is 756. The lowest BCUT2D eigenvalue weighted by molar-refractivity contribution is -0.132. The summed E-state index contributed by atoms with van der Waals surface area (Å²) in [6.45, 7) is 3.83. The van der Waals surface area contributed by atoms with Gasteiger partial charge in [-0.3, -0.25) is 19.2 Å². The number of primary amides is 1. The van der Waals surface area contributed by atoms with Gasteiger partial charge in [0.15, 0.2) is 0 Å². The first-order valence-corrected chi connectivity index (χ1v) is 10.8. The zero-order valence-corrected chi connectivity index (χ0v) is 18.8. The summed E-state index contributed by atoms with van der Waals surface area (Å²) < 4.78 is 0. The summed E-state index contributed by atoms with van der Waals surface area (Å²) in [5, 5.41) is 7.68. The largest absolute Gasteiger partial charge is 0.368 e. The zero-order valence-electron chi connectivity index (χ0n) is 18.8. The minimum absolute atomic E-state index is 0.0935. The Morgan fingerprint density at radius 3 is 2.19 bits per heavy atom. The third-order valence-corrected chi connectivity index (χ3v) is 4.77. The first-order valence-electron chi connectivity index (χ1n) is 10.8. The highest BCUT2D eigenvalue weighted by molar-refractivity contribution is 5.93. The Morgan fingerprint density at radius 2 is 1.62 bits per heavy atom. The topological polar surface area (TPSA) is 182 Å². The van der Waals surface area contributed by atoms with E-state index in [0.29, 0.717) is 32.2 Å². The van der Waals surface area contributed by atoms with E-state index < -0.39 is 41.8 Å². The number of hydrogen-bond donors (Lipinski definition) is 6. The smallest absolute Gasteiger partial charge is 0.243 e. The molecule has 0 heterocycles. The van der Waals surface area contributed by atoms with Gasteiger partial charge in [-0.25, -0.2) is 0 Å². The Hall–Kier alpha value is -2.98. The normalized spacial score (nSPS) is 13.7. The molecule has 3 unspecified atom stereocenters. The van der Waals surface area contributed by atoms with Crippen LogP contribution in [0.25, 0.3) is 0 Å². The molecule has 0 spiro atoms. The van der Waals surface area contributed by atoms with Gasteiger partial charge in [-0.15, -0.1) is 0 Å². The first-order chi connectivity index (χ1) is 15.1. The van der Waals surface area contributed by atoms with E-state index in [0.717, 1.165) is 5.56 Å². The van der Waals surface area contributed by atoms with Gasteiger partial charge in [0.1, 0.15) is 12.1 Å². The number of carbonyl (C=O) groups excluding carboxylic acids is 4. The van der Waals surface area contributed by atoms with Crippen molar-refractivity contribution in [3.05, 3.63) is 35.9 Å². The standard InChI is InChI=1S/C22H36N6O4/c1-14(2)11-18(22(32)28-17(20(25)30)9-6-10-23)27-19(29)13-26-21(31)16(24)12-15-7-4-3-5-8-15/h3-5,7-8,14,16-18H,6,9-13,23-24H2,1-2H3,(H2,25,30)(H,26,31)(H,27,29)(H,28,32). The molecule has 10 heteroatoms. The number of carbonyl (C=O) groups is 4. The molecule has 0 aliphatic heterocycles. The van der Waals surface area contributed by atoms with E-state index in [1.165, 1.54) is 0 Å². The molecule has 0 saturated carbocycles. The lowest BCUT2D eigenvalue weighted by Crippen LogP contribution is -2.55. The summed E-state index contributed by atoms with van der Waals surface area (Å²) >= 11 is 0. The maximum absolute atomic E-state index is 12.7. The molecule has 32 heavy (non-hydrogen) atoms. The number of rotatable bonds is 14. The summed E-state index contributed by atoms with van der Waals surface area (Å²) in [5.74, 6) is -2.09. The van der Waals surface area contributed by atoms with Gasteiger partial charge < -0.3 is 33.2 Å². The molecule has 178 valence electrons. The molecule has 0 radical (unpaired) electrons. The molecular weight excluding hydrogens is 412 g/mol. The van der Waals surface area contributed by atoms with Gasteiger partial charge in [-0.1, -0.05) is 44.2 Å². The number of amides is 4. The van der Waals surface area contributed by atoms with Crippen LogP contribution in [-0.2, 0) is 25.6 Å². The second-order valence-corrected chi connectivity index (χ2v) is 8.16. The van der Waals surface area contributed by atoms with Crippen LogP contribution in [0.2, 0.25) is 0 Å². The van der Waals surface area contributed by atoms with Gasteiger partial charge in [-0.2, -0.15) is 0 Å². The highest BCUT2D eigenvalue weighted by Crippen LogP contribution is 2.07. The van der Waals surface area contributed by atoms with Crippen LogP contribution >= 0.6 is 0 Å². The molecular formula is C22H36N6O4. The van der Waals surface area contributed by atoms with Crippen LogP contribution in [-0.4, -0.2) is 54.8 Å². The number of nitrogens with two attached hydrogens (primary N) is 3. The molecule has 1 aromatic carbocycles. The molecule has 1 aromatic rings. The van der Waals surface area contributed by atoms with E-state index in [4.69, 9.17) is 17.2 Å². The van der Waals surface area contributed by atoms with E-state index >= 15 is 0 Å². The molecule has 0 bridgehead atoms. The van der Waals surface area contributed by atoms with Crippen molar-refractivity contribution in [1.82, 2.24) is 16.0 Å². The Morgan fingerprint density at radius 1 is 0.969 bits per heavy atom. The molecule has 0 aromatic heterocycles. The van der Waals surface area contributed by atoms with Crippen LogP contribution in [0.3, 0.4) is 0 Å². The SMILES string of the molecule is CC(C)CC(NC(=O)CNC(=O)C(N)Cc1ccccc1)C(=O)NC(CCCN)C(N)=O. The lowest BCUT2D eigenvalue weighted by atomic mass is 10.0. The minimum atomic E-state index is -0.878. The minimum Gasteiger partial charge on any atom is -0.368 e. The molecule has 9 N–H and O–H groups in total. The van der Waals surface area contributed by atoms with Gasteiger partial charge in [0, 0.05) is 0 Å². The first kappa shape index (κ1) is 27.1. The van der Waals surface area contributed by atoms with Crippen molar-refractivity contribution in [3.63, 3.8) is 0 Å². The summed E-state index contributed by atoms with van der Waals surface area (Å²) in [6.07, 6.45) is 1.52. The van der Waals surface area contributed by atoms with Crippen LogP contribution < -0.4 is 33.2 Å². The fraction of sp³-hybridized carbons (Fsp3) is 0.545. The average Bonchev–Trinajstić information content (AvgIpc) is 2.74. The molecule has 10 nitrogen and oxygen atoms in total. The van der Waals surface area contributed by atoms with Crippen LogP contribution in [0.5, 0.6) is 0 Å². The van der Waals surface area contributed by atoms with Crippen LogP contribution in [0.1, 0.15) is 38.7 Å². The highest BCUT2D eigenvalue weighted by Gasteiger charge is 2.26. The van der Waals surface area contributed by atoms with Gasteiger partial charge in [-0.05, 0) is 43.7 Å². The van der Waals surface area contributed by atoms with E-state index in [9.17, 15) is 19.2 Å². The maximum atomic E-state index is 12.7. The van der Waals surface area contributed by atoms with Crippen molar-refractivity contribution in [2.24, 2.45) is 23.1 Å². The van der Waals surface area contributed by atoms with Crippen molar-refractivity contribution in [1.29, 1.82) is 0 Å². The summed E-state index contributed by atoms with van der Waals surface area (Å²) in [5.41, 5.74) is 17.6. The fourth-order valence-electron chi connectivity index (χ4n) is 3.09. The number of hydrogen-bond acceptors (Lipinski definition) is 6. The van der Waals surface area contributed by atoms with E-state index in [1.54, 1.807) is 0 Å². The fourth-order valence-corrected chi connectivity index (χ4v) is 3.09.